The van der Waals surface area contributed by atoms with Crippen molar-refractivity contribution >= 4 is 17.3 Å². The molecule has 94 valence electrons. The summed E-state index contributed by atoms with van der Waals surface area (Å²) in [6.07, 6.45) is 0.0468. The molecule has 0 amide bonds. The molecule has 0 bridgehead atoms. The third-order valence-electron chi connectivity index (χ3n) is 2.07. The number of ether oxygens (including phenoxy) is 1. The van der Waals surface area contributed by atoms with Crippen LogP contribution in [0.3, 0.4) is 0 Å². The smallest absolute Gasteiger partial charge is 0.345 e. The zero-order valence-electron chi connectivity index (χ0n) is 9.95. The second kappa shape index (κ2) is 5.14. The minimum absolute atomic E-state index is 0.0468. The maximum absolute atomic E-state index is 10.8. The monoisotopic (exact) mass is 264 g/mol. The molecule has 2 aromatic rings. The number of rotatable bonds is 4. The zero-order chi connectivity index (χ0) is 13.1. The molecular formula is C12H12N2O3S. The summed E-state index contributed by atoms with van der Waals surface area (Å²) < 4.78 is 5.38. The lowest BCUT2D eigenvalue weighted by atomic mass is 10.3. The van der Waals surface area contributed by atoms with Crippen molar-refractivity contribution in [1.82, 2.24) is 10.2 Å². The predicted molar refractivity (Wildman–Crippen MR) is 68.1 cm³/mol. The summed E-state index contributed by atoms with van der Waals surface area (Å²) in [5.41, 5.74) is 0.642. The molecule has 18 heavy (non-hydrogen) atoms. The normalized spacial score (nSPS) is 10.6. The van der Waals surface area contributed by atoms with E-state index < -0.39 is 5.97 Å². The van der Waals surface area contributed by atoms with Gasteiger partial charge in [0.1, 0.15) is 10.6 Å². The molecule has 1 N–H and O–H groups in total. The Morgan fingerprint density at radius 3 is 2.56 bits per heavy atom. The van der Waals surface area contributed by atoms with E-state index in [1.54, 1.807) is 24.3 Å². The molecule has 2 rings (SSSR count). The Hall–Kier alpha value is -1.95. The molecule has 2 heterocycles. The van der Waals surface area contributed by atoms with Crippen molar-refractivity contribution in [2.45, 2.75) is 20.0 Å². The Labute approximate surface area is 108 Å². The highest BCUT2D eigenvalue weighted by molar-refractivity contribution is 7.17. The third kappa shape index (κ3) is 2.84. The van der Waals surface area contributed by atoms with Crippen molar-refractivity contribution in [1.29, 1.82) is 0 Å². The van der Waals surface area contributed by atoms with Crippen LogP contribution in [-0.2, 0) is 0 Å². The molecule has 0 aliphatic rings. The van der Waals surface area contributed by atoms with Gasteiger partial charge in [-0.2, -0.15) is 0 Å². The van der Waals surface area contributed by atoms with Gasteiger partial charge in [0.25, 0.3) is 0 Å². The van der Waals surface area contributed by atoms with Gasteiger partial charge < -0.3 is 9.84 Å². The molecule has 0 spiro atoms. The molecule has 0 unspecified atom stereocenters. The number of thiophene rings is 1. The summed E-state index contributed by atoms with van der Waals surface area (Å²) >= 11 is 1.17. The van der Waals surface area contributed by atoms with E-state index in [2.05, 4.69) is 10.2 Å². The van der Waals surface area contributed by atoms with Gasteiger partial charge in [0.2, 0.25) is 5.88 Å². The van der Waals surface area contributed by atoms with E-state index >= 15 is 0 Å². The van der Waals surface area contributed by atoms with Gasteiger partial charge in [-0.1, -0.05) is 0 Å². The first-order valence-electron chi connectivity index (χ1n) is 5.40. The number of carboxylic acids is 1. The first-order chi connectivity index (χ1) is 8.56. The van der Waals surface area contributed by atoms with E-state index in [1.807, 2.05) is 13.8 Å². The Kier molecular flexibility index (Phi) is 3.57. The number of aromatic nitrogens is 2. The van der Waals surface area contributed by atoms with Gasteiger partial charge in [0.05, 0.1) is 11.0 Å². The second-order valence-electron chi connectivity index (χ2n) is 3.89. The summed E-state index contributed by atoms with van der Waals surface area (Å²) in [5.74, 6) is -0.470. The highest BCUT2D eigenvalue weighted by Gasteiger charge is 2.10. The summed E-state index contributed by atoms with van der Waals surface area (Å²) in [4.78, 5) is 11.8. The van der Waals surface area contributed by atoms with Crippen molar-refractivity contribution in [2.75, 3.05) is 0 Å². The maximum atomic E-state index is 10.8. The number of hydrogen-bond acceptors (Lipinski definition) is 5. The average Bonchev–Trinajstić information content (AvgIpc) is 2.78. The lowest BCUT2D eigenvalue weighted by molar-refractivity contribution is 0.0702. The lowest BCUT2D eigenvalue weighted by Crippen LogP contribution is -2.07. The molecule has 2 aromatic heterocycles. The molecule has 0 aliphatic carbocycles. The Bertz CT molecular complexity index is 549. The summed E-state index contributed by atoms with van der Waals surface area (Å²) in [5, 5.41) is 16.8. The van der Waals surface area contributed by atoms with E-state index in [0.717, 1.165) is 4.88 Å². The van der Waals surface area contributed by atoms with Gasteiger partial charge in [-0.05, 0) is 32.0 Å². The molecule has 0 radical (unpaired) electrons. The fraction of sp³-hybridized carbons (Fsp3) is 0.250. The molecule has 0 aliphatic heterocycles. The van der Waals surface area contributed by atoms with Crippen molar-refractivity contribution in [3.8, 4) is 16.5 Å². The van der Waals surface area contributed by atoms with Crippen LogP contribution in [0.5, 0.6) is 5.88 Å². The number of carbonyl (C=O) groups is 1. The number of aromatic carboxylic acids is 1. The van der Waals surface area contributed by atoms with Crippen LogP contribution in [0.25, 0.3) is 10.6 Å². The average molecular weight is 264 g/mol. The van der Waals surface area contributed by atoms with Crippen LogP contribution >= 0.6 is 11.3 Å². The van der Waals surface area contributed by atoms with E-state index in [9.17, 15) is 4.79 Å². The first-order valence-corrected chi connectivity index (χ1v) is 6.22. The minimum atomic E-state index is -0.932. The molecule has 0 atom stereocenters. The van der Waals surface area contributed by atoms with Crippen LogP contribution < -0.4 is 4.74 Å². The first kappa shape index (κ1) is 12.5. The van der Waals surface area contributed by atoms with E-state index in [-0.39, 0.29) is 11.0 Å². The van der Waals surface area contributed by atoms with Crippen LogP contribution in [0, 0.1) is 0 Å². The van der Waals surface area contributed by atoms with Crippen LogP contribution in [0.15, 0.2) is 24.3 Å². The number of hydrogen-bond donors (Lipinski definition) is 1. The SMILES string of the molecule is CC(C)Oc1ccc(-c2ccc(C(=O)O)s2)nn1. The van der Waals surface area contributed by atoms with Crippen LogP contribution in [0.2, 0.25) is 0 Å². The van der Waals surface area contributed by atoms with Gasteiger partial charge in [-0.3, -0.25) is 0 Å². The molecule has 0 saturated heterocycles. The summed E-state index contributed by atoms with van der Waals surface area (Å²) in [6, 6.07) is 6.77. The second-order valence-corrected chi connectivity index (χ2v) is 4.98. The van der Waals surface area contributed by atoms with E-state index in [1.165, 1.54) is 11.3 Å². The summed E-state index contributed by atoms with van der Waals surface area (Å²) in [6.45, 7) is 3.82. The quantitative estimate of drug-likeness (QED) is 0.919. The number of carboxylic acid groups (broad SMARTS) is 1. The van der Waals surface area contributed by atoms with Crippen molar-refractivity contribution in [3.63, 3.8) is 0 Å². The van der Waals surface area contributed by atoms with Gasteiger partial charge in [-0.25, -0.2) is 4.79 Å². The van der Waals surface area contributed by atoms with Gasteiger partial charge in [0, 0.05) is 6.07 Å². The highest BCUT2D eigenvalue weighted by Crippen LogP contribution is 2.26. The lowest BCUT2D eigenvalue weighted by Gasteiger charge is -2.07. The molecule has 0 saturated carbocycles. The number of nitrogens with zero attached hydrogens (tertiary/aromatic N) is 2. The molecule has 5 nitrogen and oxygen atoms in total. The topological polar surface area (TPSA) is 72.3 Å². The Morgan fingerprint density at radius 2 is 2.06 bits per heavy atom. The molecule has 0 aromatic carbocycles. The summed E-state index contributed by atoms with van der Waals surface area (Å²) in [7, 11) is 0. The van der Waals surface area contributed by atoms with Crippen LogP contribution in [0.4, 0.5) is 0 Å². The standard InChI is InChI=1S/C12H12N2O3S/c1-7(2)17-11-6-3-8(13-14-11)9-4-5-10(18-9)12(15)16/h3-7H,1-2H3,(H,15,16). The minimum Gasteiger partial charge on any atom is -0.477 e. The predicted octanol–water partition coefficient (Wildman–Crippen LogP) is 2.69. The van der Waals surface area contributed by atoms with Gasteiger partial charge >= 0.3 is 5.97 Å². The van der Waals surface area contributed by atoms with Crippen molar-refractivity contribution < 1.29 is 14.6 Å². The van der Waals surface area contributed by atoms with E-state index in [0.29, 0.717) is 11.6 Å². The van der Waals surface area contributed by atoms with Gasteiger partial charge in [0.15, 0.2) is 0 Å². The van der Waals surface area contributed by atoms with Crippen molar-refractivity contribution in [2.24, 2.45) is 0 Å². The maximum Gasteiger partial charge on any atom is 0.345 e. The Balaban J connectivity index is 2.20. The van der Waals surface area contributed by atoms with E-state index in [4.69, 9.17) is 9.84 Å². The molecular weight excluding hydrogens is 252 g/mol. The third-order valence-corrected chi connectivity index (χ3v) is 3.16. The molecule has 6 heteroatoms. The zero-order valence-corrected chi connectivity index (χ0v) is 10.8. The highest BCUT2D eigenvalue weighted by atomic mass is 32.1. The van der Waals surface area contributed by atoms with Crippen molar-refractivity contribution in [3.05, 3.63) is 29.1 Å². The van der Waals surface area contributed by atoms with Crippen LogP contribution in [-0.4, -0.2) is 27.4 Å². The van der Waals surface area contributed by atoms with Crippen LogP contribution in [0.1, 0.15) is 23.5 Å². The molecule has 0 fully saturated rings. The fourth-order valence-electron chi connectivity index (χ4n) is 1.35. The van der Waals surface area contributed by atoms with Gasteiger partial charge in [-0.15, -0.1) is 21.5 Å². The Morgan fingerprint density at radius 1 is 1.28 bits per heavy atom. The fourth-order valence-corrected chi connectivity index (χ4v) is 2.16. The largest absolute Gasteiger partial charge is 0.477 e.